The number of amidine groups is 1. The predicted molar refractivity (Wildman–Crippen MR) is 113 cm³/mol. The van der Waals surface area contributed by atoms with Gasteiger partial charge < -0.3 is 10.1 Å². The standard InChI is InChI=1S/C18H18BrClN2OS.ClH/c1-23-16-7-6-12(19)10-17(16)24-11-14-13(4-2-5-15(14)20)18-21-8-3-9-22-18;/h2,4-7,10H,3,8-9,11H2,1H3,(H,21,22);1H. The van der Waals surface area contributed by atoms with Crippen molar-refractivity contribution in [2.45, 2.75) is 17.1 Å². The summed E-state index contributed by atoms with van der Waals surface area (Å²) in [7, 11) is 1.69. The first-order chi connectivity index (χ1) is 11.7. The fraction of sp³-hybridized carbons (Fsp3) is 0.278. The van der Waals surface area contributed by atoms with E-state index in [9.17, 15) is 0 Å². The molecule has 134 valence electrons. The smallest absolute Gasteiger partial charge is 0.132 e. The van der Waals surface area contributed by atoms with Crippen LogP contribution >= 0.6 is 51.7 Å². The predicted octanol–water partition coefficient (Wildman–Crippen LogP) is 5.57. The van der Waals surface area contributed by atoms with Gasteiger partial charge in [0.1, 0.15) is 11.6 Å². The first kappa shape index (κ1) is 20.4. The third kappa shape index (κ3) is 5.07. The highest BCUT2D eigenvalue weighted by Gasteiger charge is 2.15. The molecule has 2 aromatic rings. The van der Waals surface area contributed by atoms with Crippen LogP contribution in [0.3, 0.4) is 0 Å². The molecule has 0 radical (unpaired) electrons. The van der Waals surface area contributed by atoms with Crippen molar-refractivity contribution in [2.24, 2.45) is 4.99 Å². The maximum absolute atomic E-state index is 6.48. The van der Waals surface area contributed by atoms with E-state index in [1.807, 2.05) is 24.3 Å². The van der Waals surface area contributed by atoms with E-state index in [0.717, 1.165) is 62.4 Å². The number of halogens is 3. The van der Waals surface area contributed by atoms with E-state index in [0.29, 0.717) is 0 Å². The van der Waals surface area contributed by atoms with Crippen molar-refractivity contribution in [3.8, 4) is 5.75 Å². The molecular weight excluding hydrogens is 443 g/mol. The molecule has 3 nitrogen and oxygen atoms in total. The number of ether oxygens (including phenoxy) is 1. The largest absolute Gasteiger partial charge is 0.496 e. The average Bonchev–Trinajstić information content (AvgIpc) is 2.61. The molecule has 25 heavy (non-hydrogen) atoms. The minimum Gasteiger partial charge on any atom is -0.496 e. The van der Waals surface area contributed by atoms with Gasteiger partial charge in [0, 0.05) is 33.9 Å². The molecule has 2 aromatic carbocycles. The third-order valence-electron chi connectivity index (χ3n) is 3.77. The van der Waals surface area contributed by atoms with Gasteiger partial charge in [0.05, 0.1) is 12.0 Å². The summed E-state index contributed by atoms with van der Waals surface area (Å²) in [4.78, 5) is 5.69. The lowest BCUT2D eigenvalue weighted by atomic mass is 10.1. The molecule has 1 aliphatic rings. The summed E-state index contributed by atoms with van der Waals surface area (Å²) in [5.41, 5.74) is 2.18. The number of methoxy groups -OCH3 is 1. The SMILES string of the molecule is COc1ccc(Br)cc1SCc1c(Cl)cccc1C1=NCCCN1.Cl. The fourth-order valence-electron chi connectivity index (χ4n) is 2.55. The summed E-state index contributed by atoms with van der Waals surface area (Å²) >= 11 is 11.7. The molecule has 0 unspecified atom stereocenters. The second-order valence-electron chi connectivity index (χ2n) is 5.36. The maximum Gasteiger partial charge on any atom is 0.132 e. The third-order valence-corrected chi connectivity index (χ3v) is 5.68. The number of nitrogens with one attached hydrogen (secondary N) is 1. The molecule has 1 aliphatic heterocycles. The molecule has 0 bridgehead atoms. The minimum absolute atomic E-state index is 0. The molecule has 7 heteroatoms. The Morgan fingerprint density at radius 1 is 1.32 bits per heavy atom. The number of hydrogen-bond acceptors (Lipinski definition) is 4. The lowest BCUT2D eigenvalue weighted by molar-refractivity contribution is 0.404. The first-order valence-electron chi connectivity index (χ1n) is 7.71. The summed E-state index contributed by atoms with van der Waals surface area (Å²) in [6.07, 6.45) is 1.07. The van der Waals surface area contributed by atoms with Gasteiger partial charge in [-0.2, -0.15) is 0 Å². The van der Waals surface area contributed by atoms with E-state index in [-0.39, 0.29) is 12.4 Å². The average molecular weight is 462 g/mol. The Morgan fingerprint density at radius 3 is 2.88 bits per heavy atom. The number of thioether (sulfide) groups is 1. The zero-order chi connectivity index (χ0) is 16.9. The topological polar surface area (TPSA) is 33.6 Å². The van der Waals surface area contributed by atoms with E-state index in [1.54, 1.807) is 18.9 Å². The zero-order valence-electron chi connectivity index (χ0n) is 13.7. The van der Waals surface area contributed by atoms with Gasteiger partial charge in [0.15, 0.2) is 0 Å². The monoisotopic (exact) mass is 460 g/mol. The van der Waals surface area contributed by atoms with Crippen molar-refractivity contribution in [2.75, 3.05) is 20.2 Å². The van der Waals surface area contributed by atoms with Crippen molar-refractivity contribution >= 4 is 57.5 Å². The maximum atomic E-state index is 6.48. The van der Waals surface area contributed by atoms with Crippen LogP contribution in [0.1, 0.15) is 17.5 Å². The molecular formula is C18H19BrCl2N2OS. The van der Waals surface area contributed by atoms with Crippen molar-refractivity contribution < 1.29 is 4.74 Å². The Bertz CT molecular complexity index is 771. The van der Waals surface area contributed by atoms with Gasteiger partial charge in [-0.3, -0.25) is 4.99 Å². The van der Waals surface area contributed by atoms with Crippen LogP contribution in [0.15, 0.2) is 50.8 Å². The van der Waals surface area contributed by atoms with E-state index < -0.39 is 0 Å². The summed E-state index contributed by atoms with van der Waals surface area (Å²) < 4.78 is 6.49. The highest BCUT2D eigenvalue weighted by atomic mass is 79.9. The van der Waals surface area contributed by atoms with Crippen molar-refractivity contribution in [3.63, 3.8) is 0 Å². The molecule has 0 spiro atoms. The number of aliphatic imine (C=N–C) groups is 1. The van der Waals surface area contributed by atoms with E-state index in [1.165, 1.54) is 0 Å². The Morgan fingerprint density at radius 2 is 2.16 bits per heavy atom. The lowest BCUT2D eigenvalue weighted by Crippen LogP contribution is -2.31. The quantitative estimate of drug-likeness (QED) is 0.591. The van der Waals surface area contributed by atoms with Gasteiger partial charge in [0.25, 0.3) is 0 Å². The van der Waals surface area contributed by atoms with Crippen LogP contribution < -0.4 is 10.1 Å². The van der Waals surface area contributed by atoms with Crippen LogP contribution in [0, 0.1) is 0 Å². The molecule has 0 atom stereocenters. The fourth-order valence-corrected chi connectivity index (χ4v) is 4.50. The van der Waals surface area contributed by atoms with Gasteiger partial charge in [-0.15, -0.1) is 24.2 Å². The number of hydrogen-bond donors (Lipinski definition) is 1. The van der Waals surface area contributed by atoms with Gasteiger partial charge in [-0.1, -0.05) is 39.7 Å². The molecule has 3 rings (SSSR count). The van der Waals surface area contributed by atoms with Crippen LogP contribution in [0.25, 0.3) is 0 Å². The van der Waals surface area contributed by atoms with Crippen LogP contribution in [0.2, 0.25) is 5.02 Å². The summed E-state index contributed by atoms with van der Waals surface area (Å²) in [5.74, 6) is 2.56. The molecule has 0 aromatic heterocycles. The molecule has 0 saturated heterocycles. The van der Waals surface area contributed by atoms with Crippen molar-refractivity contribution in [3.05, 3.63) is 57.0 Å². The molecule has 0 aliphatic carbocycles. The summed E-state index contributed by atoms with van der Waals surface area (Å²) in [5, 5.41) is 4.15. The normalized spacial score (nSPS) is 13.5. The number of benzene rings is 2. The van der Waals surface area contributed by atoms with Crippen LogP contribution in [0.4, 0.5) is 0 Å². The van der Waals surface area contributed by atoms with Crippen molar-refractivity contribution in [1.82, 2.24) is 5.32 Å². The van der Waals surface area contributed by atoms with E-state index in [2.05, 4.69) is 38.4 Å². The van der Waals surface area contributed by atoms with E-state index >= 15 is 0 Å². The molecule has 0 saturated carbocycles. The van der Waals surface area contributed by atoms with Gasteiger partial charge in [0.2, 0.25) is 0 Å². The Hall–Kier alpha value is -0.880. The lowest BCUT2D eigenvalue weighted by Gasteiger charge is -2.18. The van der Waals surface area contributed by atoms with Gasteiger partial charge in [-0.25, -0.2) is 0 Å². The van der Waals surface area contributed by atoms with E-state index in [4.69, 9.17) is 16.3 Å². The minimum atomic E-state index is 0. The van der Waals surface area contributed by atoms with Crippen molar-refractivity contribution in [1.29, 1.82) is 0 Å². The number of rotatable bonds is 5. The second-order valence-corrected chi connectivity index (χ2v) is 7.70. The summed E-state index contributed by atoms with van der Waals surface area (Å²) in [6.45, 7) is 1.82. The second kappa shape index (κ2) is 9.72. The Kier molecular flexibility index (Phi) is 7.94. The van der Waals surface area contributed by atoms with Crippen LogP contribution in [-0.2, 0) is 5.75 Å². The van der Waals surface area contributed by atoms with Gasteiger partial charge >= 0.3 is 0 Å². The zero-order valence-corrected chi connectivity index (χ0v) is 17.7. The Labute approximate surface area is 172 Å². The highest BCUT2D eigenvalue weighted by Crippen LogP contribution is 2.36. The highest BCUT2D eigenvalue weighted by molar-refractivity contribution is 9.10. The van der Waals surface area contributed by atoms with Crippen LogP contribution in [-0.4, -0.2) is 26.0 Å². The summed E-state index contributed by atoms with van der Waals surface area (Å²) in [6, 6.07) is 12.0. The number of nitrogens with zero attached hydrogens (tertiary/aromatic N) is 1. The first-order valence-corrected chi connectivity index (χ1v) is 9.87. The molecule has 0 amide bonds. The molecule has 1 N–H and O–H groups in total. The molecule has 0 fully saturated rings. The van der Waals surface area contributed by atoms with Crippen LogP contribution in [0.5, 0.6) is 5.75 Å². The Balaban J connectivity index is 0.00000225. The van der Waals surface area contributed by atoms with Gasteiger partial charge in [-0.05, 0) is 36.2 Å². The molecule has 1 heterocycles.